The van der Waals surface area contributed by atoms with E-state index in [-0.39, 0.29) is 5.25 Å². The largest absolute Gasteiger partial charge is 0.480 e. The molecule has 4 N–H and O–H groups in total. The van der Waals surface area contributed by atoms with E-state index in [0.29, 0.717) is 10.9 Å². The second kappa shape index (κ2) is 4.71. The highest BCUT2D eigenvalue weighted by Crippen LogP contribution is 2.73. The molecule has 8 heteroatoms. The van der Waals surface area contributed by atoms with Crippen molar-refractivity contribution in [2.75, 3.05) is 0 Å². The lowest BCUT2D eigenvalue weighted by Gasteiger charge is -2.11. The summed E-state index contributed by atoms with van der Waals surface area (Å²) in [4.78, 5) is 36.0. The first-order valence-corrected chi connectivity index (χ1v) is 9.91. The Bertz CT molecular complexity index is 287. The molecule has 1 saturated carbocycles. The minimum Gasteiger partial charge on any atom is -0.315 e. The topological polar surface area (TPSA) is 98.0 Å². The molecule has 0 aliphatic heterocycles. The second-order valence-corrected chi connectivity index (χ2v) is 12.5. The second-order valence-electron chi connectivity index (χ2n) is 3.39. The molecule has 0 atom stereocenters. The molecule has 1 aliphatic carbocycles. The molecule has 0 unspecified atom stereocenters. The molecule has 0 aromatic carbocycles. The van der Waals surface area contributed by atoms with Crippen molar-refractivity contribution in [3.63, 3.8) is 0 Å². The van der Waals surface area contributed by atoms with Crippen molar-refractivity contribution < 1.29 is 24.1 Å². The summed E-state index contributed by atoms with van der Waals surface area (Å²) in [5.41, 5.74) is 0. The van der Waals surface area contributed by atoms with Crippen LogP contribution in [0.5, 0.6) is 0 Å². The molecule has 0 heterocycles. The van der Waals surface area contributed by atoms with Crippen LogP contribution in [0.25, 0.3) is 0 Å². The lowest BCUT2D eigenvalue weighted by Crippen LogP contribution is -2.11. The predicted molar refractivity (Wildman–Crippen MR) is 57.6 cm³/mol. The van der Waals surface area contributed by atoms with Gasteiger partial charge in [-0.05, 0) is 12.8 Å². The SMILES string of the molecule is O=P(O)(O)P(O)(O)=[S+]C1CCCCC1. The van der Waals surface area contributed by atoms with Gasteiger partial charge in [0.1, 0.15) is 0 Å². The van der Waals surface area contributed by atoms with Crippen LogP contribution in [0.15, 0.2) is 0 Å². The smallest absolute Gasteiger partial charge is 0.315 e. The van der Waals surface area contributed by atoms with E-state index in [4.69, 9.17) is 9.79 Å². The van der Waals surface area contributed by atoms with E-state index in [2.05, 4.69) is 0 Å². The average molecular weight is 261 g/mol. The fourth-order valence-corrected chi connectivity index (χ4v) is 7.01. The van der Waals surface area contributed by atoms with Gasteiger partial charge in [0.05, 0.1) is 0 Å². The average Bonchev–Trinajstić information content (AvgIpc) is 2.03. The van der Waals surface area contributed by atoms with E-state index in [1.54, 1.807) is 0 Å². The molecular weight excluding hydrogens is 246 g/mol. The van der Waals surface area contributed by atoms with Gasteiger partial charge in [0, 0.05) is 12.8 Å². The zero-order valence-electron chi connectivity index (χ0n) is 7.61. The first kappa shape index (κ1) is 12.8. The molecule has 0 radical (unpaired) electrons. The summed E-state index contributed by atoms with van der Waals surface area (Å²) in [6.07, 6.45) is 0.633. The maximum absolute atomic E-state index is 10.7. The molecular formula is C6H15O5P2S+. The van der Waals surface area contributed by atoms with Gasteiger partial charge in [0.15, 0.2) is 5.25 Å². The van der Waals surface area contributed by atoms with Crippen LogP contribution >= 0.6 is 13.5 Å². The summed E-state index contributed by atoms with van der Waals surface area (Å²) in [5, 5.41) is -0.0142. The predicted octanol–water partition coefficient (Wildman–Crippen LogP) is 1.24. The van der Waals surface area contributed by atoms with Gasteiger partial charge in [-0.15, -0.1) is 0 Å². The quantitative estimate of drug-likeness (QED) is 0.443. The van der Waals surface area contributed by atoms with Gasteiger partial charge in [0.2, 0.25) is 10.9 Å². The van der Waals surface area contributed by atoms with Crippen LogP contribution in [-0.4, -0.2) is 24.8 Å². The van der Waals surface area contributed by atoms with E-state index in [1.807, 2.05) is 0 Å². The first-order valence-electron chi connectivity index (χ1n) is 4.42. The molecule has 5 nitrogen and oxygen atoms in total. The Balaban J connectivity index is 2.79. The first-order chi connectivity index (χ1) is 6.33. The number of hydrogen-bond donors (Lipinski definition) is 4. The number of rotatable bonds is 2. The van der Waals surface area contributed by atoms with Crippen LogP contribution in [0.1, 0.15) is 32.1 Å². The van der Waals surface area contributed by atoms with Crippen molar-refractivity contribution in [2.24, 2.45) is 0 Å². The molecule has 14 heavy (non-hydrogen) atoms. The third kappa shape index (κ3) is 3.38. The Hall–Kier alpha value is 0.720. The van der Waals surface area contributed by atoms with Crippen LogP contribution < -0.4 is 0 Å². The third-order valence-electron chi connectivity index (χ3n) is 2.18. The standard InChI is InChI=1S/C6H14O5P2S/c7-12(8,9)13(10,11)14-6-4-2-1-3-5-6/h6H,1-5H2,(H3-,7,8,9,10,11)/p+1. The van der Waals surface area contributed by atoms with Gasteiger partial charge in [-0.1, -0.05) is 6.42 Å². The van der Waals surface area contributed by atoms with Gasteiger partial charge in [0.25, 0.3) is 0 Å². The fraction of sp³-hybridized carbons (Fsp3) is 1.00. The van der Waals surface area contributed by atoms with Crippen molar-refractivity contribution in [3.05, 3.63) is 0 Å². The molecule has 0 bridgehead atoms. The molecule has 0 aromatic heterocycles. The maximum atomic E-state index is 10.7. The van der Waals surface area contributed by atoms with Crippen molar-refractivity contribution in [3.8, 4) is 0 Å². The Labute approximate surface area is 86.4 Å². The lowest BCUT2D eigenvalue weighted by atomic mass is 10.0. The van der Waals surface area contributed by atoms with E-state index < -0.39 is 13.5 Å². The molecule has 1 rings (SSSR count). The van der Waals surface area contributed by atoms with Crippen LogP contribution in [0, 0.1) is 0 Å². The summed E-state index contributed by atoms with van der Waals surface area (Å²) in [6, 6.07) is 0. The molecule has 1 aliphatic rings. The molecule has 84 valence electrons. The van der Waals surface area contributed by atoms with Crippen molar-refractivity contribution in [1.29, 1.82) is 0 Å². The maximum Gasteiger partial charge on any atom is 0.480 e. The van der Waals surface area contributed by atoms with Crippen molar-refractivity contribution in [2.45, 2.75) is 37.4 Å². The number of hydrogen-bond acceptors (Lipinski definition) is 1. The molecule has 0 aromatic rings. The summed E-state index contributed by atoms with van der Waals surface area (Å²) < 4.78 is 10.7. The summed E-state index contributed by atoms with van der Waals surface area (Å²) in [5.74, 6) is 0. The zero-order valence-corrected chi connectivity index (χ0v) is 10.2. The zero-order chi connectivity index (χ0) is 10.8. The van der Waals surface area contributed by atoms with E-state index in [9.17, 15) is 14.4 Å². The van der Waals surface area contributed by atoms with Crippen molar-refractivity contribution in [1.82, 2.24) is 0 Å². The third-order valence-corrected chi connectivity index (χ3v) is 10.5. The summed E-state index contributed by atoms with van der Waals surface area (Å²) in [7, 11) is -4.06. The van der Waals surface area contributed by atoms with E-state index >= 15 is 0 Å². The van der Waals surface area contributed by atoms with Crippen molar-refractivity contribution >= 4 is 24.4 Å². The van der Waals surface area contributed by atoms with Gasteiger partial charge < -0.3 is 19.6 Å². The van der Waals surface area contributed by atoms with Gasteiger partial charge in [-0.25, -0.2) is 4.57 Å². The minimum atomic E-state index is -4.75. The highest BCUT2D eigenvalue weighted by Gasteiger charge is 2.47. The van der Waals surface area contributed by atoms with Gasteiger partial charge >= 0.3 is 13.5 Å². The Morgan fingerprint density at radius 1 is 1.00 bits per heavy atom. The Morgan fingerprint density at radius 2 is 1.50 bits per heavy atom. The minimum absolute atomic E-state index is 0.0142. The summed E-state index contributed by atoms with van der Waals surface area (Å²) >= 11 is 0. The van der Waals surface area contributed by atoms with Crippen LogP contribution in [0.2, 0.25) is 0 Å². The van der Waals surface area contributed by atoms with Crippen LogP contribution in [-0.2, 0) is 15.5 Å². The summed E-state index contributed by atoms with van der Waals surface area (Å²) in [6.45, 7) is 0. The Morgan fingerprint density at radius 3 is 1.93 bits per heavy atom. The van der Waals surface area contributed by atoms with E-state index in [0.717, 1.165) is 32.1 Å². The lowest BCUT2D eigenvalue weighted by molar-refractivity contribution is 0.375. The van der Waals surface area contributed by atoms with Crippen LogP contribution in [0.4, 0.5) is 0 Å². The highest BCUT2D eigenvalue weighted by molar-refractivity contribution is 8.50. The highest BCUT2D eigenvalue weighted by atomic mass is 32.7. The van der Waals surface area contributed by atoms with Crippen LogP contribution in [0.3, 0.4) is 0 Å². The van der Waals surface area contributed by atoms with E-state index in [1.165, 1.54) is 0 Å². The molecule has 0 saturated heterocycles. The molecule has 0 spiro atoms. The fourth-order valence-electron chi connectivity index (χ4n) is 1.43. The monoisotopic (exact) mass is 261 g/mol. The van der Waals surface area contributed by atoms with Gasteiger partial charge in [-0.2, -0.15) is 0 Å². The normalized spacial score (nSPS) is 20.9. The molecule has 0 amide bonds. The molecule has 1 fully saturated rings. The Kier molecular flexibility index (Phi) is 4.30. The van der Waals surface area contributed by atoms with Gasteiger partial charge in [-0.3, -0.25) is 0 Å².